The summed E-state index contributed by atoms with van der Waals surface area (Å²) in [6.07, 6.45) is 5.01. The fraction of sp³-hybridized carbons (Fsp3) is 0.312. The monoisotopic (exact) mass is 363 g/mol. The lowest BCUT2D eigenvalue weighted by molar-refractivity contribution is -0.126. The van der Waals surface area contributed by atoms with Gasteiger partial charge in [0, 0.05) is 12.4 Å². The third-order valence-corrected chi connectivity index (χ3v) is 5.26. The number of thiazole rings is 1. The van der Waals surface area contributed by atoms with Gasteiger partial charge >= 0.3 is 0 Å². The summed E-state index contributed by atoms with van der Waals surface area (Å²) in [7, 11) is 0. The number of nitrogens with one attached hydrogen (secondary N) is 2. The van der Waals surface area contributed by atoms with Crippen LogP contribution >= 0.6 is 23.7 Å². The number of carbonyl (C=O) groups is 1. The van der Waals surface area contributed by atoms with Gasteiger partial charge in [0.05, 0.1) is 10.2 Å². The highest BCUT2D eigenvalue weighted by molar-refractivity contribution is 7.22. The van der Waals surface area contributed by atoms with E-state index in [1.807, 2.05) is 36.5 Å². The molecule has 0 unspecified atom stereocenters. The molecule has 2 aromatic heterocycles. The third-order valence-electron chi connectivity index (χ3n) is 4.31. The lowest BCUT2D eigenvalue weighted by Crippen LogP contribution is -2.52. The first kappa shape index (κ1) is 16.9. The molecular formula is C16H18ClN5OS. The second-order valence-corrected chi connectivity index (χ2v) is 6.70. The Labute approximate surface area is 149 Å². The maximum atomic E-state index is 13.0. The number of hydrogen-bond acceptors (Lipinski definition) is 5. The number of amides is 1. The van der Waals surface area contributed by atoms with Crippen molar-refractivity contribution in [1.82, 2.24) is 20.1 Å². The largest absolute Gasteiger partial charge is 0.317 e. The lowest BCUT2D eigenvalue weighted by Gasteiger charge is -2.36. The summed E-state index contributed by atoms with van der Waals surface area (Å²) in [6.45, 7) is 1.60. The van der Waals surface area contributed by atoms with Crippen molar-refractivity contribution in [2.75, 3.05) is 18.4 Å². The van der Waals surface area contributed by atoms with Crippen LogP contribution in [0.3, 0.4) is 0 Å². The number of para-hydroxylation sites is 1. The van der Waals surface area contributed by atoms with E-state index in [1.165, 1.54) is 11.3 Å². The highest BCUT2D eigenvalue weighted by Gasteiger charge is 2.42. The molecule has 0 atom stereocenters. The molecule has 2 N–H and O–H groups in total. The van der Waals surface area contributed by atoms with Crippen molar-refractivity contribution in [3.05, 3.63) is 42.7 Å². The maximum Gasteiger partial charge on any atom is 0.254 e. The van der Waals surface area contributed by atoms with Gasteiger partial charge in [-0.2, -0.15) is 5.10 Å². The fourth-order valence-electron chi connectivity index (χ4n) is 3.06. The zero-order chi connectivity index (χ0) is 15.7. The number of rotatable bonds is 3. The van der Waals surface area contributed by atoms with Crippen LogP contribution < -0.4 is 10.6 Å². The molecule has 3 heterocycles. The van der Waals surface area contributed by atoms with Gasteiger partial charge in [-0.25, -0.2) is 4.98 Å². The average molecular weight is 364 g/mol. The van der Waals surface area contributed by atoms with Gasteiger partial charge in [0.2, 0.25) is 0 Å². The molecule has 6 nitrogen and oxygen atoms in total. The van der Waals surface area contributed by atoms with E-state index in [2.05, 4.69) is 20.7 Å². The molecular weight excluding hydrogens is 346 g/mol. The molecule has 126 valence electrons. The molecule has 4 rings (SSSR count). The van der Waals surface area contributed by atoms with Gasteiger partial charge in [-0.1, -0.05) is 23.5 Å². The van der Waals surface area contributed by atoms with Crippen LogP contribution in [-0.4, -0.2) is 33.8 Å². The molecule has 1 saturated heterocycles. The second-order valence-electron chi connectivity index (χ2n) is 5.67. The molecule has 1 fully saturated rings. The molecule has 0 saturated carbocycles. The Balaban J connectivity index is 0.00000169. The van der Waals surface area contributed by atoms with Crippen LogP contribution in [-0.2, 0) is 10.3 Å². The minimum Gasteiger partial charge on any atom is -0.317 e. The van der Waals surface area contributed by atoms with Crippen LogP contribution in [0, 0.1) is 0 Å². The van der Waals surface area contributed by atoms with Gasteiger partial charge < -0.3 is 5.32 Å². The van der Waals surface area contributed by atoms with Crippen LogP contribution in [0.5, 0.6) is 0 Å². The number of carbonyl (C=O) groups excluding carboxylic acids is 1. The molecule has 24 heavy (non-hydrogen) atoms. The van der Waals surface area contributed by atoms with Crippen molar-refractivity contribution in [1.29, 1.82) is 0 Å². The summed E-state index contributed by atoms with van der Waals surface area (Å²) in [6, 6.07) is 9.75. The van der Waals surface area contributed by atoms with Gasteiger partial charge in [-0.05, 0) is 44.1 Å². The summed E-state index contributed by atoms with van der Waals surface area (Å²) < 4.78 is 2.86. The maximum absolute atomic E-state index is 13.0. The van der Waals surface area contributed by atoms with E-state index in [0.29, 0.717) is 18.0 Å². The van der Waals surface area contributed by atoms with Gasteiger partial charge in [0.1, 0.15) is 5.54 Å². The smallest absolute Gasteiger partial charge is 0.254 e. The van der Waals surface area contributed by atoms with Gasteiger partial charge in [0.15, 0.2) is 5.13 Å². The number of hydrogen-bond donors (Lipinski definition) is 2. The van der Waals surface area contributed by atoms with Gasteiger partial charge in [-0.3, -0.25) is 14.8 Å². The number of anilines is 1. The van der Waals surface area contributed by atoms with E-state index < -0.39 is 5.54 Å². The van der Waals surface area contributed by atoms with Gasteiger partial charge in [0.25, 0.3) is 5.91 Å². The number of piperidine rings is 1. The van der Waals surface area contributed by atoms with Crippen molar-refractivity contribution in [3.8, 4) is 0 Å². The average Bonchev–Trinajstić information content (AvgIpc) is 3.24. The predicted octanol–water partition coefficient (Wildman–Crippen LogP) is 2.63. The van der Waals surface area contributed by atoms with Crippen LogP contribution in [0.1, 0.15) is 12.8 Å². The first-order valence-electron chi connectivity index (χ1n) is 7.66. The SMILES string of the molecule is Cl.O=C(Nc1nc2ccccc2s1)C1(n2cccn2)CCNCC1. The molecule has 0 bridgehead atoms. The lowest BCUT2D eigenvalue weighted by atomic mass is 9.87. The first-order chi connectivity index (χ1) is 11.3. The van der Waals surface area contributed by atoms with Crippen LogP contribution in [0.25, 0.3) is 10.2 Å². The quantitative estimate of drug-likeness (QED) is 0.750. The Hall–Kier alpha value is -1.96. The molecule has 0 aliphatic carbocycles. The van der Waals surface area contributed by atoms with Crippen LogP contribution in [0.15, 0.2) is 42.7 Å². The number of halogens is 1. The summed E-state index contributed by atoms with van der Waals surface area (Å²) in [5.74, 6) is -0.0400. The summed E-state index contributed by atoms with van der Waals surface area (Å²) in [5, 5.41) is 11.3. The normalized spacial score (nSPS) is 16.5. The Morgan fingerprint density at radius 2 is 2.04 bits per heavy atom. The van der Waals surface area contributed by atoms with E-state index in [9.17, 15) is 4.79 Å². The fourth-order valence-corrected chi connectivity index (χ4v) is 3.92. The topological polar surface area (TPSA) is 71.8 Å². The van der Waals surface area contributed by atoms with Gasteiger partial charge in [-0.15, -0.1) is 12.4 Å². The summed E-state index contributed by atoms with van der Waals surface area (Å²) >= 11 is 1.50. The van der Waals surface area contributed by atoms with Crippen molar-refractivity contribution in [3.63, 3.8) is 0 Å². The first-order valence-corrected chi connectivity index (χ1v) is 8.47. The van der Waals surface area contributed by atoms with E-state index in [-0.39, 0.29) is 18.3 Å². The Morgan fingerprint density at radius 1 is 1.25 bits per heavy atom. The number of benzene rings is 1. The van der Waals surface area contributed by atoms with Crippen molar-refractivity contribution >= 4 is 45.0 Å². The molecule has 8 heteroatoms. The van der Waals surface area contributed by atoms with E-state index >= 15 is 0 Å². The number of nitrogens with zero attached hydrogens (tertiary/aromatic N) is 3. The van der Waals surface area contributed by atoms with E-state index in [4.69, 9.17) is 0 Å². The zero-order valence-corrected chi connectivity index (χ0v) is 14.6. The Bertz CT molecular complexity index is 793. The number of fused-ring (bicyclic) bond motifs is 1. The summed E-state index contributed by atoms with van der Waals surface area (Å²) in [5.41, 5.74) is 0.262. The predicted molar refractivity (Wildman–Crippen MR) is 97.8 cm³/mol. The highest BCUT2D eigenvalue weighted by atomic mass is 35.5. The molecule has 1 amide bonds. The summed E-state index contributed by atoms with van der Waals surface area (Å²) in [4.78, 5) is 17.5. The van der Waals surface area contributed by atoms with Crippen LogP contribution in [0.4, 0.5) is 5.13 Å². The van der Waals surface area contributed by atoms with E-state index in [1.54, 1.807) is 10.9 Å². The molecule has 0 radical (unpaired) electrons. The molecule has 0 spiro atoms. The van der Waals surface area contributed by atoms with Crippen molar-refractivity contribution < 1.29 is 4.79 Å². The molecule has 1 aromatic carbocycles. The minimum atomic E-state index is -0.646. The number of aromatic nitrogens is 3. The minimum absolute atomic E-state index is 0. The second kappa shape index (κ2) is 6.88. The highest BCUT2D eigenvalue weighted by Crippen LogP contribution is 2.31. The van der Waals surface area contributed by atoms with Crippen molar-refractivity contribution in [2.24, 2.45) is 0 Å². The third kappa shape index (κ3) is 2.90. The molecule has 3 aromatic rings. The molecule has 1 aliphatic heterocycles. The molecule has 1 aliphatic rings. The van der Waals surface area contributed by atoms with E-state index in [0.717, 1.165) is 23.3 Å². The Morgan fingerprint density at radius 3 is 2.75 bits per heavy atom. The zero-order valence-electron chi connectivity index (χ0n) is 12.9. The Kier molecular flexibility index (Phi) is 4.84. The van der Waals surface area contributed by atoms with Crippen molar-refractivity contribution in [2.45, 2.75) is 18.4 Å². The standard InChI is InChI=1S/C16H17N5OS.ClH/c22-14(20-15-19-12-4-1-2-5-13(12)23-15)16(6-9-17-10-7-16)21-11-3-8-18-21;/h1-5,8,11,17H,6-7,9-10H2,(H,19,20,22);1H. The van der Waals surface area contributed by atoms with Crippen LogP contribution in [0.2, 0.25) is 0 Å².